The average molecular weight is 272 g/mol. The molecule has 2 aromatic carbocycles. The summed E-state index contributed by atoms with van der Waals surface area (Å²) in [5.74, 6) is 1.85. The van der Waals surface area contributed by atoms with Crippen LogP contribution in [0.5, 0.6) is 11.5 Å². The Morgan fingerprint density at radius 2 is 1.50 bits per heavy atom. The van der Waals surface area contributed by atoms with E-state index >= 15 is 0 Å². The van der Waals surface area contributed by atoms with Gasteiger partial charge in [0.15, 0.2) is 0 Å². The monoisotopic (exact) mass is 272 g/mol. The van der Waals surface area contributed by atoms with Crippen molar-refractivity contribution in [2.24, 2.45) is 0 Å². The summed E-state index contributed by atoms with van der Waals surface area (Å²) >= 11 is 0. The van der Waals surface area contributed by atoms with Gasteiger partial charge < -0.3 is 14.8 Å². The lowest BCUT2D eigenvalue weighted by Crippen LogP contribution is -2.80. The maximum atomic E-state index is 5.27. The van der Waals surface area contributed by atoms with E-state index in [2.05, 4.69) is 36.5 Å². The van der Waals surface area contributed by atoms with Gasteiger partial charge in [-0.2, -0.15) is 0 Å². The first-order valence-corrected chi connectivity index (χ1v) is 6.81. The van der Waals surface area contributed by atoms with Gasteiger partial charge in [0.05, 0.1) is 14.2 Å². The van der Waals surface area contributed by atoms with Gasteiger partial charge in [-0.1, -0.05) is 0 Å². The van der Waals surface area contributed by atoms with Crippen LogP contribution in [0.4, 0.5) is 0 Å². The van der Waals surface area contributed by atoms with Crippen molar-refractivity contribution < 1.29 is 14.8 Å². The molecule has 3 nitrogen and oxygen atoms in total. The Morgan fingerprint density at radius 3 is 2.10 bits per heavy atom. The number of hydrogen-bond donors (Lipinski definition) is 1. The van der Waals surface area contributed by atoms with Crippen molar-refractivity contribution in [2.75, 3.05) is 14.2 Å². The Kier molecular flexibility index (Phi) is 5.02. The summed E-state index contributed by atoms with van der Waals surface area (Å²) in [5.41, 5.74) is 3.80. The van der Waals surface area contributed by atoms with E-state index < -0.39 is 0 Å². The summed E-state index contributed by atoms with van der Waals surface area (Å²) in [4.78, 5) is 0. The summed E-state index contributed by atoms with van der Waals surface area (Å²) in [6.07, 6.45) is 0. The molecule has 106 valence electrons. The summed E-state index contributed by atoms with van der Waals surface area (Å²) in [6.45, 7) is 4.01. The number of aryl methyl sites for hydroxylation is 1. The lowest BCUT2D eigenvalue weighted by Gasteiger charge is -2.07. The van der Waals surface area contributed by atoms with Crippen LogP contribution in [-0.2, 0) is 13.1 Å². The van der Waals surface area contributed by atoms with Crippen LogP contribution in [0.2, 0.25) is 0 Å². The number of benzene rings is 2. The summed E-state index contributed by atoms with van der Waals surface area (Å²) in [5, 5.41) is 2.29. The first kappa shape index (κ1) is 14.4. The molecule has 0 aliphatic rings. The number of ether oxygens (including phenoxy) is 2. The van der Waals surface area contributed by atoms with Crippen molar-refractivity contribution in [2.45, 2.75) is 20.0 Å². The second kappa shape index (κ2) is 6.96. The molecule has 2 aromatic rings. The van der Waals surface area contributed by atoms with E-state index in [1.165, 1.54) is 16.7 Å². The lowest BCUT2D eigenvalue weighted by atomic mass is 10.1. The molecule has 0 bridgehead atoms. The predicted molar refractivity (Wildman–Crippen MR) is 80.1 cm³/mol. The molecule has 2 rings (SSSR count). The number of rotatable bonds is 6. The molecule has 0 saturated carbocycles. The molecule has 0 saturated heterocycles. The highest BCUT2D eigenvalue weighted by Crippen LogP contribution is 2.17. The Morgan fingerprint density at radius 1 is 0.850 bits per heavy atom. The molecule has 0 spiro atoms. The molecular formula is C17H22NO2+. The van der Waals surface area contributed by atoms with Crippen LogP contribution in [-0.4, -0.2) is 14.2 Å². The molecule has 0 aliphatic heterocycles. The van der Waals surface area contributed by atoms with Gasteiger partial charge in [-0.3, -0.25) is 0 Å². The summed E-state index contributed by atoms with van der Waals surface area (Å²) in [6, 6.07) is 14.6. The third-order valence-corrected chi connectivity index (χ3v) is 3.38. The molecule has 0 aromatic heterocycles. The van der Waals surface area contributed by atoms with Gasteiger partial charge >= 0.3 is 0 Å². The van der Waals surface area contributed by atoms with Gasteiger partial charge in [0.1, 0.15) is 24.6 Å². The molecule has 0 atom stereocenters. The van der Waals surface area contributed by atoms with Gasteiger partial charge in [0.25, 0.3) is 0 Å². The SMILES string of the molecule is COc1ccc(C[NH2+]Cc2ccc(OC)c(C)c2)cc1. The molecule has 0 radical (unpaired) electrons. The first-order valence-electron chi connectivity index (χ1n) is 6.81. The van der Waals surface area contributed by atoms with Crippen LogP contribution < -0.4 is 14.8 Å². The van der Waals surface area contributed by atoms with E-state index in [1.807, 2.05) is 18.2 Å². The number of quaternary nitrogens is 1. The highest BCUT2D eigenvalue weighted by atomic mass is 16.5. The summed E-state index contributed by atoms with van der Waals surface area (Å²) < 4.78 is 10.4. The molecule has 0 unspecified atom stereocenters. The van der Waals surface area contributed by atoms with Crippen LogP contribution >= 0.6 is 0 Å². The Balaban J connectivity index is 1.87. The molecule has 3 heteroatoms. The second-order valence-corrected chi connectivity index (χ2v) is 4.85. The van der Waals surface area contributed by atoms with E-state index in [-0.39, 0.29) is 0 Å². The van der Waals surface area contributed by atoms with Crippen LogP contribution in [0.3, 0.4) is 0 Å². The molecule has 2 N–H and O–H groups in total. The zero-order valence-corrected chi connectivity index (χ0v) is 12.3. The zero-order chi connectivity index (χ0) is 14.4. The van der Waals surface area contributed by atoms with Crippen molar-refractivity contribution in [1.29, 1.82) is 0 Å². The molecule has 0 fully saturated rings. The third-order valence-electron chi connectivity index (χ3n) is 3.38. The predicted octanol–water partition coefficient (Wildman–Crippen LogP) is 2.28. The van der Waals surface area contributed by atoms with Crippen molar-refractivity contribution in [3.8, 4) is 11.5 Å². The van der Waals surface area contributed by atoms with Gasteiger partial charge in [-0.25, -0.2) is 0 Å². The Labute approximate surface area is 120 Å². The van der Waals surface area contributed by atoms with E-state index in [4.69, 9.17) is 9.47 Å². The van der Waals surface area contributed by atoms with E-state index in [1.54, 1.807) is 14.2 Å². The van der Waals surface area contributed by atoms with Gasteiger partial charge in [-0.15, -0.1) is 0 Å². The van der Waals surface area contributed by atoms with Gasteiger partial charge in [-0.05, 0) is 55.0 Å². The second-order valence-electron chi connectivity index (χ2n) is 4.85. The lowest BCUT2D eigenvalue weighted by molar-refractivity contribution is -0.686. The Bertz CT molecular complexity index is 549. The maximum Gasteiger partial charge on any atom is 0.121 e. The quantitative estimate of drug-likeness (QED) is 0.875. The van der Waals surface area contributed by atoms with Crippen molar-refractivity contribution in [3.05, 3.63) is 59.2 Å². The number of hydrogen-bond acceptors (Lipinski definition) is 2. The summed E-state index contributed by atoms with van der Waals surface area (Å²) in [7, 11) is 3.39. The highest BCUT2D eigenvalue weighted by molar-refractivity contribution is 5.35. The van der Waals surface area contributed by atoms with E-state index in [0.717, 1.165) is 24.6 Å². The van der Waals surface area contributed by atoms with Gasteiger partial charge in [0.2, 0.25) is 0 Å². The normalized spacial score (nSPS) is 10.3. The largest absolute Gasteiger partial charge is 0.497 e. The van der Waals surface area contributed by atoms with Crippen molar-refractivity contribution in [3.63, 3.8) is 0 Å². The minimum atomic E-state index is 0.902. The van der Waals surface area contributed by atoms with Crippen molar-refractivity contribution >= 4 is 0 Å². The van der Waals surface area contributed by atoms with Crippen LogP contribution in [0.1, 0.15) is 16.7 Å². The zero-order valence-electron chi connectivity index (χ0n) is 12.3. The topological polar surface area (TPSA) is 35.1 Å². The minimum absolute atomic E-state index is 0.902. The average Bonchev–Trinajstić information content (AvgIpc) is 2.48. The third kappa shape index (κ3) is 3.75. The molecule has 0 amide bonds. The molecule has 0 heterocycles. The smallest absolute Gasteiger partial charge is 0.121 e. The fourth-order valence-corrected chi connectivity index (χ4v) is 2.23. The molecule has 0 aliphatic carbocycles. The highest BCUT2D eigenvalue weighted by Gasteiger charge is 2.02. The molecular weight excluding hydrogens is 250 g/mol. The van der Waals surface area contributed by atoms with Crippen LogP contribution in [0.25, 0.3) is 0 Å². The van der Waals surface area contributed by atoms with E-state index in [9.17, 15) is 0 Å². The maximum absolute atomic E-state index is 5.27. The standard InChI is InChI=1S/C17H21NO2/c1-13-10-15(6-9-17(13)20-3)12-18-11-14-4-7-16(19-2)8-5-14/h4-10,18H,11-12H2,1-3H3/p+1. The van der Waals surface area contributed by atoms with Crippen LogP contribution in [0, 0.1) is 6.92 Å². The van der Waals surface area contributed by atoms with Crippen molar-refractivity contribution in [1.82, 2.24) is 0 Å². The Hall–Kier alpha value is -2.00. The first-order chi connectivity index (χ1) is 9.72. The number of nitrogens with two attached hydrogens (primary N) is 1. The fraction of sp³-hybridized carbons (Fsp3) is 0.294. The van der Waals surface area contributed by atoms with Gasteiger partial charge in [0, 0.05) is 11.1 Å². The number of methoxy groups -OCH3 is 2. The fourth-order valence-electron chi connectivity index (χ4n) is 2.23. The minimum Gasteiger partial charge on any atom is -0.497 e. The molecule has 20 heavy (non-hydrogen) atoms. The van der Waals surface area contributed by atoms with Crippen LogP contribution in [0.15, 0.2) is 42.5 Å². The van der Waals surface area contributed by atoms with E-state index in [0.29, 0.717) is 0 Å².